The van der Waals surface area contributed by atoms with Crippen LogP contribution in [0.25, 0.3) is 11.0 Å². The molecule has 0 N–H and O–H groups in total. The van der Waals surface area contributed by atoms with E-state index >= 15 is 0 Å². The van der Waals surface area contributed by atoms with Gasteiger partial charge >= 0.3 is 11.6 Å². The molecule has 182 valence electrons. The monoisotopic (exact) mass is 486 g/mol. The molecule has 0 saturated carbocycles. The van der Waals surface area contributed by atoms with Crippen molar-refractivity contribution in [3.63, 3.8) is 0 Å². The van der Waals surface area contributed by atoms with Crippen LogP contribution in [-0.4, -0.2) is 26.3 Å². The highest BCUT2D eigenvalue weighted by Gasteiger charge is 2.26. The lowest BCUT2D eigenvalue weighted by Crippen LogP contribution is -2.12. The predicted octanol–water partition coefficient (Wildman–Crippen LogP) is 4.50. The summed E-state index contributed by atoms with van der Waals surface area (Å²) in [5.74, 6) is -11.2. The Morgan fingerprint density at radius 1 is 0.941 bits per heavy atom. The fraction of sp³-hybridized carbons (Fsp3) is 0.304. The van der Waals surface area contributed by atoms with Gasteiger partial charge in [-0.25, -0.2) is 26.7 Å². The Bertz CT molecular complexity index is 1260. The molecule has 0 aliphatic heterocycles. The molecule has 6 nitrogen and oxygen atoms in total. The van der Waals surface area contributed by atoms with Gasteiger partial charge in [0.1, 0.15) is 24.5 Å². The average molecular weight is 486 g/mol. The zero-order valence-corrected chi connectivity index (χ0v) is 18.1. The summed E-state index contributed by atoms with van der Waals surface area (Å²) in [5.41, 5.74) is -0.848. The highest BCUT2D eigenvalue weighted by molar-refractivity contribution is 5.83. The van der Waals surface area contributed by atoms with E-state index in [-0.39, 0.29) is 37.4 Å². The van der Waals surface area contributed by atoms with Gasteiger partial charge in [-0.15, -0.1) is 0 Å². The van der Waals surface area contributed by atoms with E-state index in [1.807, 2.05) is 0 Å². The molecule has 3 rings (SSSR count). The highest BCUT2D eigenvalue weighted by Crippen LogP contribution is 2.30. The summed E-state index contributed by atoms with van der Waals surface area (Å²) < 4.78 is 88.7. The maximum atomic E-state index is 14.0. The molecule has 1 heterocycles. The third-order valence-electron chi connectivity index (χ3n) is 4.95. The van der Waals surface area contributed by atoms with E-state index in [9.17, 15) is 31.5 Å². The van der Waals surface area contributed by atoms with Crippen LogP contribution in [0.4, 0.5) is 22.0 Å². The van der Waals surface area contributed by atoms with Crippen molar-refractivity contribution in [1.82, 2.24) is 0 Å². The van der Waals surface area contributed by atoms with Crippen molar-refractivity contribution >= 4 is 16.9 Å². The Balaban J connectivity index is 1.94. The Kier molecular flexibility index (Phi) is 7.87. The number of carbonyl (C=O) groups is 1. The number of esters is 1. The van der Waals surface area contributed by atoms with Crippen LogP contribution in [0.3, 0.4) is 0 Å². The van der Waals surface area contributed by atoms with Gasteiger partial charge < -0.3 is 18.6 Å². The van der Waals surface area contributed by atoms with Crippen molar-refractivity contribution < 1.29 is 45.4 Å². The number of aryl methyl sites for hydroxylation is 2. The summed E-state index contributed by atoms with van der Waals surface area (Å²) in [4.78, 5) is 23.7. The van der Waals surface area contributed by atoms with E-state index in [0.717, 1.165) is 0 Å². The molecule has 0 radical (unpaired) electrons. The summed E-state index contributed by atoms with van der Waals surface area (Å²) in [6, 6.07) is 4.05. The zero-order valence-electron chi connectivity index (χ0n) is 18.1. The molecule has 34 heavy (non-hydrogen) atoms. The van der Waals surface area contributed by atoms with Gasteiger partial charge in [0.15, 0.2) is 23.3 Å². The predicted molar refractivity (Wildman–Crippen MR) is 109 cm³/mol. The lowest BCUT2D eigenvalue weighted by molar-refractivity contribution is -0.144. The fourth-order valence-corrected chi connectivity index (χ4v) is 3.20. The number of rotatable bonds is 9. The number of fused-ring (bicyclic) bond motifs is 1. The van der Waals surface area contributed by atoms with Crippen LogP contribution < -0.4 is 10.4 Å². The first-order valence-corrected chi connectivity index (χ1v) is 9.99. The minimum Gasteiger partial charge on any atom is -0.488 e. The van der Waals surface area contributed by atoms with Crippen LogP contribution in [0.5, 0.6) is 5.75 Å². The second-order valence-electron chi connectivity index (χ2n) is 7.25. The standard InChI is InChI=1S/C23H19F5O6/c1-11-7-18(30)34-16-9-15(12(8-13(11)16)3-4-17(29)32-6-5-31-2)33-10-14-19(24)21(26)23(28)22(27)20(14)25/h7-9H,3-6,10H2,1-2H3. The third-order valence-corrected chi connectivity index (χ3v) is 4.95. The molecule has 0 unspecified atom stereocenters. The van der Waals surface area contributed by atoms with Crippen molar-refractivity contribution in [3.8, 4) is 5.75 Å². The topological polar surface area (TPSA) is 75.0 Å². The number of hydrogen-bond acceptors (Lipinski definition) is 6. The first kappa shape index (κ1) is 25.2. The van der Waals surface area contributed by atoms with E-state index in [4.69, 9.17) is 18.6 Å². The zero-order chi connectivity index (χ0) is 25.0. The maximum absolute atomic E-state index is 14.0. The smallest absolute Gasteiger partial charge is 0.336 e. The molecule has 0 saturated heterocycles. The summed E-state index contributed by atoms with van der Waals surface area (Å²) in [6.45, 7) is 0.882. The van der Waals surface area contributed by atoms with E-state index in [2.05, 4.69) is 0 Å². The van der Waals surface area contributed by atoms with E-state index in [1.165, 1.54) is 19.2 Å². The Hall–Kier alpha value is -3.47. The average Bonchev–Trinajstić information content (AvgIpc) is 2.80. The van der Waals surface area contributed by atoms with E-state index in [0.29, 0.717) is 16.5 Å². The summed E-state index contributed by atoms with van der Waals surface area (Å²) >= 11 is 0. The van der Waals surface area contributed by atoms with Gasteiger partial charge in [0.2, 0.25) is 5.82 Å². The third kappa shape index (κ3) is 5.36. The summed E-state index contributed by atoms with van der Waals surface area (Å²) in [6.07, 6.45) is -0.0588. The van der Waals surface area contributed by atoms with Gasteiger partial charge in [0.25, 0.3) is 0 Å². The second kappa shape index (κ2) is 10.6. The molecule has 3 aromatic rings. The molecule has 0 fully saturated rings. The number of hydrogen-bond donors (Lipinski definition) is 0. The molecule has 11 heteroatoms. The summed E-state index contributed by atoms with van der Waals surface area (Å²) in [5, 5.41) is 0.505. The Labute approximate surface area is 189 Å². The van der Waals surface area contributed by atoms with Gasteiger partial charge in [0.05, 0.1) is 12.2 Å². The van der Waals surface area contributed by atoms with Gasteiger partial charge in [-0.3, -0.25) is 4.79 Å². The van der Waals surface area contributed by atoms with Crippen LogP contribution in [0.2, 0.25) is 0 Å². The van der Waals surface area contributed by atoms with Crippen LogP contribution >= 0.6 is 0 Å². The molecular formula is C23H19F5O6. The van der Waals surface area contributed by atoms with E-state index in [1.54, 1.807) is 13.0 Å². The van der Waals surface area contributed by atoms with Crippen molar-refractivity contribution in [1.29, 1.82) is 0 Å². The van der Waals surface area contributed by atoms with Crippen LogP contribution in [0.1, 0.15) is 23.1 Å². The van der Waals surface area contributed by atoms with E-state index < -0.39 is 52.9 Å². The number of benzene rings is 2. The lowest BCUT2D eigenvalue weighted by Gasteiger charge is -2.15. The maximum Gasteiger partial charge on any atom is 0.336 e. The number of ether oxygens (including phenoxy) is 3. The molecule has 0 spiro atoms. The largest absolute Gasteiger partial charge is 0.488 e. The van der Waals surface area contributed by atoms with Crippen molar-refractivity contribution in [3.05, 3.63) is 74.4 Å². The molecule has 0 aliphatic carbocycles. The van der Waals surface area contributed by atoms with Gasteiger partial charge in [0, 0.05) is 31.0 Å². The van der Waals surface area contributed by atoms with Crippen molar-refractivity contribution in [2.75, 3.05) is 20.3 Å². The molecule has 0 atom stereocenters. The van der Waals surface area contributed by atoms with Crippen LogP contribution in [0, 0.1) is 36.0 Å². The highest BCUT2D eigenvalue weighted by atomic mass is 19.2. The van der Waals surface area contributed by atoms with Crippen molar-refractivity contribution in [2.24, 2.45) is 0 Å². The van der Waals surface area contributed by atoms with Gasteiger partial charge in [-0.1, -0.05) is 0 Å². The van der Waals surface area contributed by atoms with Crippen molar-refractivity contribution in [2.45, 2.75) is 26.4 Å². The summed E-state index contributed by atoms with van der Waals surface area (Å²) in [7, 11) is 1.44. The Morgan fingerprint density at radius 2 is 1.59 bits per heavy atom. The first-order valence-electron chi connectivity index (χ1n) is 9.99. The van der Waals surface area contributed by atoms with Gasteiger partial charge in [-0.2, -0.15) is 0 Å². The quantitative estimate of drug-likeness (QED) is 0.111. The molecular weight excluding hydrogens is 467 g/mol. The van der Waals surface area contributed by atoms with Crippen LogP contribution in [-0.2, 0) is 27.3 Å². The molecule has 2 aromatic carbocycles. The molecule has 0 aliphatic rings. The lowest BCUT2D eigenvalue weighted by atomic mass is 10.0. The Morgan fingerprint density at radius 3 is 2.24 bits per heavy atom. The van der Waals surface area contributed by atoms with Crippen LogP contribution in [0.15, 0.2) is 27.4 Å². The molecule has 1 aromatic heterocycles. The first-order chi connectivity index (χ1) is 16.1. The normalized spacial score (nSPS) is 11.1. The number of halogens is 5. The second-order valence-corrected chi connectivity index (χ2v) is 7.25. The molecule has 0 amide bonds. The minimum absolute atomic E-state index is 0.0426. The van der Waals surface area contributed by atoms with Gasteiger partial charge in [-0.05, 0) is 30.5 Å². The number of methoxy groups -OCH3 is 1. The fourth-order valence-electron chi connectivity index (χ4n) is 3.20. The molecule has 0 bridgehead atoms. The number of carbonyl (C=O) groups excluding carboxylic acids is 1. The SMILES string of the molecule is COCCOC(=O)CCc1cc2c(C)cc(=O)oc2cc1OCc1c(F)c(F)c(F)c(F)c1F. The minimum atomic E-state index is -2.28.